The minimum Gasteiger partial charge on any atom is -0.379 e. The number of ether oxygens (including phenoxy) is 2. The van der Waals surface area contributed by atoms with E-state index in [2.05, 4.69) is 14.0 Å². The maximum atomic E-state index is 12.2. The zero-order valence-electron chi connectivity index (χ0n) is 25.3. The van der Waals surface area contributed by atoms with Gasteiger partial charge in [0.1, 0.15) is 19.3 Å². The van der Waals surface area contributed by atoms with Crippen molar-refractivity contribution in [1.29, 1.82) is 0 Å². The van der Waals surface area contributed by atoms with E-state index in [9.17, 15) is 9.46 Å². The van der Waals surface area contributed by atoms with Crippen LogP contribution in [0.2, 0.25) is 0 Å². The number of phosphoric ester groups is 1. The fraction of sp³-hybridized carbons (Fsp3) is 1.00. The molecule has 1 fully saturated rings. The van der Waals surface area contributed by atoms with Crippen LogP contribution in [0.3, 0.4) is 0 Å². The summed E-state index contributed by atoms with van der Waals surface area (Å²) in [6.45, 7) is 6.44. The van der Waals surface area contributed by atoms with E-state index in [1.807, 2.05) is 0 Å². The fourth-order valence-corrected chi connectivity index (χ4v) is 5.98. The third-order valence-corrected chi connectivity index (χ3v) is 8.97. The summed E-state index contributed by atoms with van der Waals surface area (Å²) in [5.41, 5.74) is 0. The highest BCUT2D eigenvalue weighted by Crippen LogP contribution is 2.43. The average Bonchev–Trinajstić information content (AvgIpc) is 2.90. The molecule has 1 aliphatic rings. The smallest absolute Gasteiger partial charge is 0.379 e. The Kier molecular flexibility index (Phi) is 22.4. The van der Waals surface area contributed by atoms with Gasteiger partial charge in [0.2, 0.25) is 0 Å². The lowest BCUT2D eigenvalue weighted by Gasteiger charge is -2.37. The largest absolute Gasteiger partial charge is 0.472 e. The van der Waals surface area contributed by atoms with Crippen molar-refractivity contribution >= 4 is 7.82 Å². The SMILES string of the molecule is CCCCCCCCCCCCCCCCCCOC[C@H](COP(=O)(O)OCC[N+]1(C)CCCCC1)OC. The van der Waals surface area contributed by atoms with Gasteiger partial charge in [0.05, 0.1) is 33.4 Å². The molecule has 1 unspecified atom stereocenters. The Hall–Kier alpha value is -0.0100. The van der Waals surface area contributed by atoms with Gasteiger partial charge in [-0.3, -0.25) is 9.05 Å². The minimum absolute atomic E-state index is 0.0185. The molecule has 0 amide bonds. The van der Waals surface area contributed by atoms with Crippen molar-refractivity contribution in [2.24, 2.45) is 0 Å². The van der Waals surface area contributed by atoms with E-state index in [1.54, 1.807) is 7.11 Å². The lowest BCUT2D eigenvalue weighted by molar-refractivity contribution is -0.914. The first-order valence-electron chi connectivity index (χ1n) is 16.0. The molecule has 1 saturated heterocycles. The monoisotopic (exact) mass is 564 g/mol. The van der Waals surface area contributed by atoms with E-state index in [0.29, 0.717) is 13.2 Å². The summed E-state index contributed by atoms with van der Waals surface area (Å²) in [5, 5.41) is 0. The van der Waals surface area contributed by atoms with E-state index < -0.39 is 7.82 Å². The molecule has 1 N–H and O–H groups in total. The second kappa shape index (κ2) is 23.7. The molecule has 1 rings (SSSR count). The van der Waals surface area contributed by atoms with Crippen LogP contribution in [0.15, 0.2) is 0 Å². The molecule has 1 heterocycles. The number of unbranched alkanes of at least 4 members (excludes halogenated alkanes) is 15. The van der Waals surface area contributed by atoms with Crippen molar-refractivity contribution in [3.05, 3.63) is 0 Å². The number of hydrogen-bond acceptors (Lipinski definition) is 5. The van der Waals surface area contributed by atoms with Gasteiger partial charge < -0.3 is 18.9 Å². The van der Waals surface area contributed by atoms with Gasteiger partial charge in [0.15, 0.2) is 0 Å². The fourth-order valence-electron chi connectivity index (χ4n) is 5.24. The molecular weight excluding hydrogens is 501 g/mol. The summed E-state index contributed by atoms with van der Waals surface area (Å²) in [7, 11) is -0.331. The summed E-state index contributed by atoms with van der Waals surface area (Å²) >= 11 is 0. The second-order valence-electron chi connectivity index (χ2n) is 11.7. The first-order chi connectivity index (χ1) is 18.4. The molecule has 2 atom stereocenters. The molecule has 8 heteroatoms. The van der Waals surface area contributed by atoms with Gasteiger partial charge in [-0.15, -0.1) is 0 Å². The molecule has 228 valence electrons. The Morgan fingerprint density at radius 3 is 1.71 bits per heavy atom. The van der Waals surface area contributed by atoms with Crippen LogP contribution < -0.4 is 0 Å². The highest BCUT2D eigenvalue weighted by atomic mass is 31.2. The lowest BCUT2D eigenvalue weighted by Crippen LogP contribution is -2.49. The van der Waals surface area contributed by atoms with Crippen molar-refractivity contribution < 1.29 is 32.5 Å². The Labute approximate surface area is 235 Å². The third-order valence-electron chi connectivity index (χ3n) is 7.98. The normalized spacial score (nSPS) is 17.9. The molecule has 0 aromatic carbocycles. The molecule has 0 aromatic rings. The number of nitrogens with zero attached hydrogens (tertiary/aromatic N) is 1. The number of likely N-dealkylation sites (N-methyl/N-ethyl adjacent to an activating group) is 1. The summed E-state index contributed by atoms with van der Waals surface area (Å²) in [6.07, 6.45) is 24.9. The van der Waals surface area contributed by atoms with Crippen molar-refractivity contribution in [3.8, 4) is 0 Å². The molecule has 7 nitrogen and oxygen atoms in total. The van der Waals surface area contributed by atoms with Crippen molar-refractivity contribution in [2.75, 3.05) is 60.2 Å². The van der Waals surface area contributed by atoms with Crippen LogP contribution in [0.4, 0.5) is 0 Å². The number of hydrogen-bond donors (Lipinski definition) is 1. The van der Waals surface area contributed by atoms with Crippen LogP contribution in [-0.2, 0) is 23.1 Å². The van der Waals surface area contributed by atoms with Crippen molar-refractivity contribution in [1.82, 2.24) is 0 Å². The Morgan fingerprint density at radius 2 is 1.21 bits per heavy atom. The Bertz CT molecular complexity index is 573. The molecule has 0 saturated carbocycles. The summed E-state index contributed by atoms with van der Waals surface area (Å²) in [5.74, 6) is 0. The number of piperidine rings is 1. The maximum absolute atomic E-state index is 12.2. The van der Waals surface area contributed by atoms with Gasteiger partial charge in [-0.25, -0.2) is 4.57 Å². The molecule has 1 aliphatic heterocycles. The molecule has 0 aliphatic carbocycles. The topological polar surface area (TPSA) is 74.2 Å². The highest BCUT2D eigenvalue weighted by Gasteiger charge is 2.28. The zero-order chi connectivity index (χ0) is 27.8. The van der Waals surface area contributed by atoms with Crippen molar-refractivity contribution in [2.45, 2.75) is 135 Å². The van der Waals surface area contributed by atoms with Gasteiger partial charge in [0, 0.05) is 13.7 Å². The van der Waals surface area contributed by atoms with Crippen LogP contribution in [0.5, 0.6) is 0 Å². The van der Waals surface area contributed by atoms with E-state index in [1.165, 1.54) is 116 Å². The van der Waals surface area contributed by atoms with E-state index in [-0.39, 0.29) is 19.3 Å². The summed E-state index contributed by atoms with van der Waals surface area (Å²) in [4.78, 5) is 10.0. The van der Waals surface area contributed by atoms with Crippen LogP contribution in [0.25, 0.3) is 0 Å². The van der Waals surface area contributed by atoms with E-state index in [0.717, 1.165) is 30.5 Å². The first kappa shape index (κ1) is 36.0. The summed E-state index contributed by atoms with van der Waals surface area (Å²) < 4.78 is 34.6. The van der Waals surface area contributed by atoms with Crippen LogP contribution in [-0.4, -0.2) is 75.7 Å². The number of methoxy groups -OCH3 is 1. The Balaban J connectivity index is 1.90. The van der Waals surface area contributed by atoms with Gasteiger partial charge >= 0.3 is 7.82 Å². The third kappa shape index (κ3) is 20.8. The summed E-state index contributed by atoms with van der Waals surface area (Å²) in [6, 6.07) is 0. The number of likely N-dealkylation sites (tertiary alicyclic amines) is 1. The number of rotatable bonds is 27. The zero-order valence-corrected chi connectivity index (χ0v) is 26.2. The highest BCUT2D eigenvalue weighted by molar-refractivity contribution is 7.47. The van der Waals surface area contributed by atoms with E-state index in [4.69, 9.17) is 18.5 Å². The minimum atomic E-state index is -4.08. The van der Waals surface area contributed by atoms with Crippen molar-refractivity contribution in [3.63, 3.8) is 0 Å². The molecule has 0 spiro atoms. The lowest BCUT2D eigenvalue weighted by atomic mass is 10.0. The van der Waals surface area contributed by atoms with Gasteiger partial charge in [-0.05, 0) is 25.7 Å². The molecule has 0 aromatic heterocycles. The average molecular weight is 565 g/mol. The molecular formula is C30H63NO6P+. The quantitative estimate of drug-likeness (QED) is 0.0618. The number of phosphoric acid groups is 1. The van der Waals surface area contributed by atoms with Gasteiger partial charge in [-0.2, -0.15) is 0 Å². The molecule has 0 radical (unpaired) electrons. The molecule has 0 bridgehead atoms. The van der Waals surface area contributed by atoms with Gasteiger partial charge in [0.25, 0.3) is 0 Å². The predicted octanol–water partition coefficient (Wildman–Crippen LogP) is 8.04. The van der Waals surface area contributed by atoms with E-state index >= 15 is 0 Å². The first-order valence-corrected chi connectivity index (χ1v) is 17.5. The maximum Gasteiger partial charge on any atom is 0.472 e. The predicted molar refractivity (Wildman–Crippen MR) is 158 cm³/mol. The molecule has 38 heavy (non-hydrogen) atoms. The van der Waals surface area contributed by atoms with Crippen LogP contribution in [0.1, 0.15) is 129 Å². The van der Waals surface area contributed by atoms with Crippen LogP contribution in [0, 0.1) is 0 Å². The Morgan fingerprint density at radius 1 is 0.711 bits per heavy atom. The standard InChI is InChI=1S/C30H62NO6P/c1-4-5-6-7-8-9-10-11-12-13-14-15-16-17-18-22-26-35-28-30(34-3)29-37-38(32,33)36-27-25-31(2)23-20-19-21-24-31/h30H,4-29H2,1-3H3/p+1/t30-/m1/s1. The number of quaternary nitrogens is 1. The second-order valence-corrected chi connectivity index (χ2v) is 13.1. The van der Waals surface area contributed by atoms with Crippen LogP contribution >= 0.6 is 7.82 Å². The van der Waals surface area contributed by atoms with Gasteiger partial charge in [-0.1, -0.05) is 103 Å².